The Balaban J connectivity index is 2.53. The Bertz CT molecular complexity index is 562. The van der Waals surface area contributed by atoms with E-state index in [4.69, 9.17) is 5.14 Å². The van der Waals surface area contributed by atoms with Gasteiger partial charge in [-0.25, -0.2) is 18.2 Å². The van der Waals surface area contributed by atoms with E-state index in [-0.39, 0.29) is 4.90 Å². The van der Waals surface area contributed by atoms with Crippen molar-refractivity contribution in [3.05, 3.63) is 36.7 Å². The number of hydrogen-bond donors (Lipinski definition) is 1. The number of rotatable bonds is 2. The zero-order valence-corrected chi connectivity index (χ0v) is 8.42. The van der Waals surface area contributed by atoms with Gasteiger partial charge in [0.2, 0.25) is 10.0 Å². The summed E-state index contributed by atoms with van der Waals surface area (Å²) in [4.78, 5) is 0.0514. The van der Waals surface area contributed by atoms with Gasteiger partial charge in [-0.3, -0.25) is 0 Å². The summed E-state index contributed by atoms with van der Waals surface area (Å²) in [5.74, 6) is 0. The summed E-state index contributed by atoms with van der Waals surface area (Å²) in [6.45, 7) is 0. The predicted molar refractivity (Wildman–Crippen MR) is 52.7 cm³/mol. The molecular weight excluding hydrogens is 216 g/mol. The molecule has 0 atom stereocenters. The number of sulfonamides is 1. The third-order valence-corrected chi connectivity index (χ3v) is 2.74. The summed E-state index contributed by atoms with van der Waals surface area (Å²) >= 11 is 0. The monoisotopic (exact) mass is 224 g/mol. The van der Waals surface area contributed by atoms with Crippen LogP contribution in [-0.2, 0) is 10.0 Å². The van der Waals surface area contributed by atoms with E-state index in [1.807, 2.05) is 0 Å². The van der Waals surface area contributed by atoms with Crippen molar-refractivity contribution in [1.82, 2.24) is 15.0 Å². The van der Waals surface area contributed by atoms with Gasteiger partial charge in [-0.1, -0.05) is 11.3 Å². The molecule has 0 bridgehead atoms. The molecule has 0 radical (unpaired) electrons. The summed E-state index contributed by atoms with van der Waals surface area (Å²) in [5.41, 5.74) is 0.596. The van der Waals surface area contributed by atoms with Crippen molar-refractivity contribution >= 4 is 10.0 Å². The van der Waals surface area contributed by atoms with E-state index in [0.717, 1.165) is 0 Å². The minimum Gasteiger partial charge on any atom is -0.225 e. The Morgan fingerprint density at radius 2 is 2.13 bits per heavy atom. The molecule has 15 heavy (non-hydrogen) atoms. The van der Waals surface area contributed by atoms with Crippen LogP contribution in [-0.4, -0.2) is 23.4 Å². The Morgan fingerprint density at radius 1 is 1.33 bits per heavy atom. The van der Waals surface area contributed by atoms with Gasteiger partial charge in [-0.15, -0.1) is 5.10 Å². The number of benzene rings is 1. The lowest BCUT2D eigenvalue weighted by Gasteiger charge is -2.02. The van der Waals surface area contributed by atoms with Crippen molar-refractivity contribution < 1.29 is 8.42 Å². The molecule has 0 unspecified atom stereocenters. The fourth-order valence-electron chi connectivity index (χ4n) is 1.15. The van der Waals surface area contributed by atoms with Gasteiger partial charge in [0.1, 0.15) is 0 Å². The lowest BCUT2D eigenvalue weighted by Crippen LogP contribution is -2.12. The van der Waals surface area contributed by atoms with Crippen molar-refractivity contribution in [2.45, 2.75) is 4.90 Å². The van der Waals surface area contributed by atoms with Gasteiger partial charge in [0.15, 0.2) is 0 Å². The minimum absolute atomic E-state index is 0.0514. The Kier molecular flexibility index (Phi) is 2.25. The van der Waals surface area contributed by atoms with Gasteiger partial charge in [0, 0.05) is 0 Å². The fraction of sp³-hybridized carbons (Fsp3) is 0. The largest absolute Gasteiger partial charge is 0.238 e. The molecule has 0 aliphatic heterocycles. The first-order valence-electron chi connectivity index (χ1n) is 4.07. The molecule has 6 nitrogen and oxygen atoms in total. The third kappa shape index (κ3) is 2.03. The van der Waals surface area contributed by atoms with Gasteiger partial charge >= 0.3 is 0 Å². The van der Waals surface area contributed by atoms with Crippen LogP contribution in [0.3, 0.4) is 0 Å². The van der Waals surface area contributed by atoms with Crippen LogP contribution in [0.2, 0.25) is 0 Å². The average Bonchev–Trinajstić information content (AvgIpc) is 2.69. The Labute approximate surface area is 86.4 Å². The summed E-state index contributed by atoms with van der Waals surface area (Å²) in [5, 5.41) is 12.4. The number of primary sulfonamides is 1. The van der Waals surface area contributed by atoms with Crippen LogP contribution in [0.25, 0.3) is 5.69 Å². The summed E-state index contributed by atoms with van der Waals surface area (Å²) in [7, 11) is -3.68. The van der Waals surface area contributed by atoms with Crippen molar-refractivity contribution in [2.75, 3.05) is 0 Å². The van der Waals surface area contributed by atoms with Gasteiger partial charge in [0.25, 0.3) is 0 Å². The first kappa shape index (κ1) is 9.81. The van der Waals surface area contributed by atoms with Crippen LogP contribution in [0.4, 0.5) is 0 Å². The lowest BCUT2D eigenvalue weighted by molar-refractivity contribution is 0.597. The molecule has 1 heterocycles. The van der Waals surface area contributed by atoms with Crippen molar-refractivity contribution in [3.63, 3.8) is 0 Å². The van der Waals surface area contributed by atoms with E-state index in [2.05, 4.69) is 10.3 Å². The molecule has 0 saturated carbocycles. The van der Waals surface area contributed by atoms with Crippen LogP contribution in [0.15, 0.2) is 41.6 Å². The number of nitrogens with zero attached hydrogens (tertiary/aromatic N) is 3. The topological polar surface area (TPSA) is 90.9 Å². The normalized spacial score (nSPS) is 11.5. The minimum atomic E-state index is -3.68. The Hall–Kier alpha value is -1.73. The van der Waals surface area contributed by atoms with Crippen molar-refractivity contribution in [3.8, 4) is 5.69 Å². The summed E-state index contributed by atoms with van der Waals surface area (Å²) < 4.78 is 23.6. The highest BCUT2D eigenvalue weighted by atomic mass is 32.2. The van der Waals surface area contributed by atoms with Crippen LogP contribution < -0.4 is 5.14 Å². The predicted octanol–water partition coefficient (Wildman–Crippen LogP) is -0.0853. The van der Waals surface area contributed by atoms with E-state index in [9.17, 15) is 8.42 Å². The molecule has 7 heteroatoms. The van der Waals surface area contributed by atoms with Crippen molar-refractivity contribution in [2.24, 2.45) is 5.14 Å². The van der Waals surface area contributed by atoms with Crippen LogP contribution in [0.5, 0.6) is 0 Å². The van der Waals surface area contributed by atoms with Gasteiger partial charge < -0.3 is 0 Å². The fourth-order valence-corrected chi connectivity index (χ4v) is 1.70. The van der Waals surface area contributed by atoms with E-state index in [1.54, 1.807) is 18.3 Å². The standard InChI is InChI=1S/C8H8N4O2S/c9-15(13,14)8-3-1-2-7(6-8)12-5-4-10-11-12/h1-6H,(H2,9,13,14). The van der Waals surface area contributed by atoms with Gasteiger partial charge in [0.05, 0.1) is 23.0 Å². The first-order valence-corrected chi connectivity index (χ1v) is 5.61. The maximum atomic E-state index is 11.1. The quantitative estimate of drug-likeness (QED) is 0.772. The Morgan fingerprint density at radius 3 is 2.73 bits per heavy atom. The van der Waals surface area contributed by atoms with E-state index >= 15 is 0 Å². The van der Waals surface area contributed by atoms with E-state index in [0.29, 0.717) is 5.69 Å². The smallest absolute Gasteiger partial charge is 0.225 e. The molecule has 0 aliphatic rings. The second-order valence-corrected chi connectivity index (χ2v) is 4.45. The zero-order valence-electron chi connectivity index (χ0n) is 7.61. The average molecular weight is 224 g/mol. The third-order valence-electron chi connectivity index (χ3n) is 1.83. The number of nitrogens with two attached hydrogens (primary N) is 1. The number of aromatic nitrogens is 3. The molecule has 2 rings (SSSR count). The molecule has 1 aromatic carbocycles. The highest BCUT2D eigenvalue weighted by Crippen LogP contribution is 2.12. The summed E-state index contributed by atoms with van der Waals surface area (Å²) in [6.07, 6.45) is 3.12. The number of hydrogen-bond acceptors (Lipinski definition) is 4. The van der Waals surface area contributed by atoms with Gasteiger partial charge in [-0.05, 0) is 18.2 Å². The van der Waals surface area contributed by atoms with Crippen LogP contribution in [0, 0.1) is 0 Å². The molecule has 1 aromatic heterocycles. The molecule has 2 aromatic rings. The molecular formula is C8H8N4O2S. The van der Waals surface area contributed by atoms with E-state index in [1.165, 1.54) is 23.0 Å². The zero-order chi connectivity index (χ0) is 10.9. The highest BCUT2D eigenvalue weighted by Gasteiger charge is 2.08. The maximum Gasteiger partial charge on any atom is 0.238 e. The first-order chi connectivity index (χ1) is 7.07. The molecule has 0 spiro atoms. The molecule has 2 N–H and O–H groups in total. The maximum absolute atomic E-state index is 11.1. The van der Waals surface area contributed by atoms with Gasteiger partial charge in [-0.2, -0.15) is 0 Å². The SMILES string of the molecule is NS(=O)(=O)c1cccc(-n2ccnn2)c1. The lowest BCUT2D eigenvalue weighted by atomic mass is 10.3. The van der Waals surface area contributed by atoms with Crippen LogP contribution in [0.1, 0.15) is 0 Å². The second kappa shape index (κ2) is 3.44. The second-order valence-electron chi connectivity index (χ2n) is 2.89. The molecule has 78 valence electrons. The molecule has 0 amide bonds. The highest BCUT2D eigenvalue weighted by molar-refractivity contribution is 7.89. The van der Waals surface area contributed by atoms with Crippen LogP contribution >= 0.6 is 0 Å². The molecule has 0 fully saturated rings. The van der Waals surface area contributed by atoms with Crippen molar-refractivity contribution in [1.29, 1.82) is 0 Å². The molecule has 0 saturated heterocycles. The van der Waals surface area contributed by atoms with E-state index < -0.39 is 10.0 Å². The molecule has 0 aliphatic carbocycles. The summed E-state index contributed by atoms with van der Waals surface area (Å²) in [6, 6.07) is 6.17.